The van der Waals surface area contributed by atoms with Gasteiger partial charge < -0.3 is 10.6 Å². The van der Waals surface area contributed by atoms with Gasteiger partial charge in [0.15, 0.2) is 5.82 Å². The maximum atomic E-state index is 12.2. The predicted octanol–water partition coefficient (Wildman–Crippen LogP) is 2.94. The molecule has 3 heterocycles. The first-order valence-electron chi connectivity index (χ1n) is 8.82. The van der Waals surface area contributed by atoms with Crippen molar-refractivity contribution in [1.82, 2.24) is 19.9 Å². The summed E-state index contributed by atoms with van der Waals surface area (Å²) in [6.45, 7) is 4.61. The largest absolute Gasteiger partial charge is 0.367 e. The molecule has 0 fully saturated rings. The second-order valence-electron chi connectivity index (χ2n) is 6.05. The van der Waals surface area contributed by atoms with Crippen LogP contribution in [0.4, 0.5) is 17.5 Å². The summed E-state index contributed by atoms with van der Waals surface area (Å²) in [5.74, 6) is 1.83. The fourth-order valence-corrected chi connectivity index (χ4v) is 4.68. The summed E-state index contributed by atoms with van der Waals surface area (Å²) >= 11 is 1.29. The van der Waals surface area contributed by atoms with Crippen LogP contribution in [-0.2, 0) is 16.4 Å². The molecule has 0 unspecified atom stereocenters. The molecule has 8 nitrogen and oxygen atoms in total. The van der Waals surface area contributed by atoms with Crippen molar-refractivity contribution >= 4 is 38.8 Å². The number of rotatable bonds is 9. The Morgan fingerprint density at radius 3 is 2.36 bits per heavy atom. The highest BCUT2D eigenvalue weighted by atomic mass is 32.2. The summed E-state index contributed by atoms with van der Waals surface area (Å²) in [6.07, 6.45) is 2.59. The van der Waals surface area contributed by atoms with Gasteiger partial charge in [-0.3, -0.25) is 0 Å². The molecule has 0 aromatic carbocycles. The molecule has 0 bridgehead atoms. The number of hydrogen-bond donors (Lipinski definition) is 3. The Balaban J connectivity index is 1.46. The van der Waals surface area contributed by atoms with Crippen molar-refractivity contribution in [2.75, 3.05) is 23.7 Å². The molecule has 0 saturated carbocycles. The molecule has 0 spiro atoms. The number of thiophene rings is 1. The van der Waals surface area contributed by atoms with Crippen LogP contribution >= 0.6 is 11.3 Å². The lowest BCUT2D eigenvalue weighted by molar-refractivity contribution is 0.585. The Kier molecular flexibility index (Phi) is 6.55. The molecule has 3 N–H and O–H groups in total. The summed E-state index contributed by atoms with van der Waals surface area (Å²) in [5.41, 5.74) is 1.08. The van der Waals surface area contributed by atoms with Crippen molar-refractivity contribution in [3.05, 3.63) is 53.0 Å². The molecule has 28 heavy (non-hydrogen) atoms. The normalized spacial score (nSPS) is 11.4. The average molecular weight is 419 g/mol. The third kappa shape index (κ3) is 5.47. The molecule has 148 valence electrons. The van der Waals surface area contributed by atoms with Crippen LogP contribution in [0.25, 0.3) is 0 Å². The molecule has 3 aromatic rings. The summed E-state index contributed by atoms with van der Waals surface area (Å²) in [7, 11) is -3.47. The molecule has 0 saturated heterocycles. The van der Waals surface area contributed by atoms with Crippen LogP contribution in [-0.4, -0.2) is 36.7 Å². The van der Waals surface area contributed by atoms with Gasteiger partial charge in [0.25, 0.3) is 0 Å². The third-order valence-electron chi connectivity index (χ3n) is 3.81. The van der Waals surface area contributed by atoms with Gasteiger partial charge in [0.05, 0.1) is 0 Å². The van der Waals surface area contributed by atoms with Crippen molar-refractivity contribution in [2.24, 2.45) is 0 Å². The molecule has 0 amide bonds. The lowest BCUT2D eigenvalue weighted by atomic mass is 10.3. The van der Waals surface area contributed by atoms with E-state index in [0.717, 1.165) is 16.9 Å². The minimum atomic E-state index is -3.47. The number of aryl methyl sites for hydroxylation is 2. The van der Waals surface area contributed by atoms with Gasteiger partial charge in [0, 0.05) is 24.2 Å². The number of aromatic nitrogens is 3. The monoisotopic (exact) mass is 418 g/mol. The topological polar surface area (TPSA) is 109 Å². The first-order chi connectivity index (χ1) is 13.5. The highest BCUT2D eigenvalue weighted by Gasteiger charge is 2.15. The highest BCUT2D eigenvalue weighted by molar-refractivity contribution is 7.91. The number of anilines is 3. The summed E-state index contributed by atoms with van der Waals surface area (Å²) < 4.78 is 27.4. The van der Waals surface area contributed by atoms with Gasteiger partial charge in [-0.1, -0.05) is 13.0 Å². The van der Waals surface area contributed by atoms with E-state index >= 15 is 0 Å². The van der Waals surface area contributed by atoms with Crippen LogP contribution in [0.2, 0.25) is 0 Å². The van der Waals surface area contributed by atoms with Crippen LogP contribution in [0.3, 0.4) is 0 Å². The smallest absolute Gasteiger partial charge is 0.250 e. The van der Waals surface area contributed by atoms with Crippen LogP contribution in [0.1, 0.15) is 17.4 Å². The molecule has 10 heteroatoms. The molecule has 0 aliphatic carbocycles. The summed E-state index contributed by atoms with van der Waals surface area (Å²) in [6, 6.07) is 10.9. The first kappa shape index (κ1) is 20.2. The number of nitrogens with zero attached hydrogens (tertiary/aromatic N) is 3. The van der Waals surface area contributed by atoms with E-state index in [0.29, 0.717) is 28.2 Å². The van der Waals surface area contributed by atoms with E-state index in [1.165, 1.54) is 11.3 Å². The van der Waals surface area contributed by atoms with Crippen molar-refractivity contribution in [2.45, 2.75) is 24.5 Å². The van der Waals surface area contributed by atoms with E-state index in [1.807, 2.05) is 32.0 Å². The number of nitrogens with one attached hydrogen (secondary N) is 3. The van der Waals surface area contributed by atoms with Crippen molar-refractivity contribution in [3.8, 4) is 0 Å². The fourth-order valence-electron chi connectivity index (χ4n) is 2.31. The Hall–Kier alpha value is -2.56. The van der Waals surface area contributed by atoms with Gasteiger partial charge in [0.1, 0.15) is 15.8 Å². The molecule has 0 aliphatic rings. The Bertz CT molecular complexity index is 1000. The van der Waals surface area contributed by atoms with Gasteiger partial charge in [-0.25, -0.2) is 18.1 Å². The predicted molar refractivity (Wildman–Crippen MR) is 112 cm³/mol. The molecule has 0 atom stereocenters. The van der Waals surface area contributed by atoms with Gasteiger partial charge >= 0.3 is 0 Å². The van der Waals surface area contributed by atoms with Gasteiger partial charge in [-0.15, -0.1) is 21.5 Å². The maximum absolute atomic E-state index is 12.2. The maximum Gasteiger partial charge on any atom is 0.250 e. The minimum absolute atomic E-state index is 0.247. The minimum Gasteiger partial charge on any atom is -0.367 e. The second-order valence-corrected chi connectivity index (χ2v) is 9.21. The van der Waals surface area contributed by atoms with E-state index in [-0.39, 0.29) is 6.54 Å². The van der Waals surface area contributed by atoms with Gasteiger partial charge in [-0.2, -0.15) is 0 Å². The van der Waals surface area contributed by atoms with Crippen molar-refractivity contribution in [1.29, 1.82) is 0 Å². The van der Waals surface area contributed by atoms with Crippen LogP contribution in [0.15, 0.2) is 46.8 Å². The van der Waals surface area contributed by atoms with Gasteiger partial charge in [-0.05, 0) is 49.2 Å². The van der Waals surface area contributed by atoms with E-state index < -0.39 is 10.0 Å². The Labute approximate surface area is 168 Å². The quantitative estimate of drug-likeness (QED) is 0.458. The Morgan fingerprint density at radius 1 is 0.964 bits per heavy atom. The molecule has 0 aliphatic heterocycles. The van der Waals surface area contributed by atoms with Crippen LogP contribution in [0.5, 0.6) is 0 Å². The van der Waals surface area contributed by atoms with E-state index in [4.69, 9.17) is 0 Å². The lowest BCUT2D eigenvalue weighted by Crippen LogP contribution is -2.28. The molecule has 3 rings (SSSR count). The zero-order chi connectivity index (χ0) is 20.0. The summed E-state index contributed by atoms with van der Waals surface area (Å²) in [4.78, 5) is 5.30. The SMILES string of the molecule is CCc1ccc(S(=O)(=O)NCCNc2ccc(Nc3ccc(C)cn3)nn2)s1. The standard InChI is InChI=1S/C18H22N6O2S2/c1-3-14-5-9-18(27-14)28(25,26)21-11-10-19-16-7-8-17(24-23-16)22-15-6-4-13(2)12-20-15/h4-9,12,21H,3,10-11H2,1-2H3,(H,19,23)(H,20,22,24). The van der Waals surface area contributed by atoms with Crippen molar-refractivity contribution < 1.29 is 8.42 Å². The average Bonchev–Trinajstić information content (AvgIpc) is 3.19. The molecule has 0 radical (unpaired) electrons. The van der Waals surface area contributed by atoms with E-state index in [2.05, 4.69) is 30.5 Å². The highest BCUT2D eigenvalue weighted by Crippen LogP contribution is 2.21. The number of hydrogen-bond acceptors (Lipinski definition) is 8. The van der Waals surface area contributed by atoms with Crippen molar-refractivity contribution in [3.63, 3.8) is 0 Å². The lowest BCUT2D eigenvalue weighted by Gasteiger charge is -2.08. The second kappa shape index (κ2) is 9.09. The number of pyridine rings is 1. The number of sulfonamides is 1. The zero-order valence-electron chi connectivity index (χ0n) is 15.6. The first-order valence-corrected chi connectivity index (χ1v) is 11.1. The van der Waals surface area contributed by atoms with E-state index in [9.17, 15) is 8.42 Å². The van der Waals surface area contributed by atoms with E-state index in [1.54, 1.807) is 24.4 Å². The fraction of sp³-hybridized carbons (Fsp3) is 0.278. The van der Waals surface area contributed by atoms with Crippen LogP contribution < -0.4 is 15.4 Å². The van der Waals surface area contributed by atoms with Crippen LogP contribution in [0, 0.1) is 6.92 Å². The molecule has 3 aromatic heterocycles. The summed E-state index contributed by atoms with van der Waals surface area (Å²) in [5, 5.41) is 14.3. The molecular weight excluding hydrogens is 396 g/mol. The zero-order valence-corrected chi connectivity index (χ0v) is 17.3. The Morgan fingerprint density at radius 2 is 1.71 bits per heavy atom. The third-order valence-corrected chi connectivity index (χ3v) is 6.99. The molecular formula is C18H22N6O2S2. The van der Waals surface area contributed by atoms with Gasteiger partial charge in [0.2, 0.25) is 10.0 Å².